The van der Waals surface area contributed by atoms with Crippen molar-refractivity contribution in [2.75, 3.05) is 25.5 Å². The molecule has 0 aliphatic carbocycles. The van der Waals surface area contributed by atoms with Crippen LogP contribution >= 0.6 is 0 Å². The molecule has 0 spiro atoms. The van der Waals surface area contributed by atoms with Gasteiger partial charge in [-0.15, -0.1) is 10.2 Å². The first kappa shape index (κ1) is 21.1. The predicted octanol–water partition coefficient (Wildman–Crippen LogP) is 1.88. The quantitative estimate of drug-likeness (QED) is 0.600. The van der Waals surface area contributed by atoms with Gasteiger partial charge >= 0.3 is 0 Å². The Morgan fingerprint density at radius 3 is 2.58 bits per heavy atom. The number of aromatic nitrogens is 4. The highest BCUT2D eigenvalue weighted by Crippen LogP contribution is 2.30. The van der Waals surface area contributed by atoms with Crippen LogP contribution in [0.4, 0.5) is 5.69 Å². The van der Waals surface area contributed by atoms with Crippen LogP contribution in [-0.2, 0) is 27.8 Å². The van der Waals surface area contributed by atoms with E-state index in [2.05, 4.69) is 15.4 Å². The van der Waals surface area contributed by atoms with Gasteiger partial charge in [-0.05, 0) is 48.7 Å². The lowest BCUT2D eigenvalue weighted by atomic mass is 10.0. The molecule has 1 aromatic heterocycles. The van der Waals surface area contributed by atoms with Gasteiger partial charge in [0.2, 0.25) is 15.8 Å². The number of fused-ring (bicyclic) bond motifs is 1. The van der Waals surface area contributed by atoms with E-state index < -0.39 is 10.0 Å². The summed E-state index contributed by atoms with van der Waals surface area (Å²) in [4.78, 5) is 16.2. The van der Waals surface area contributed by atoms with Crippen LogP contribution in [0.15, 0.2) is 47.4 Å². The molecule has 31 heavy (non-hydrogen) atoms. The van der Waals surface area contributed by atoms with Crippen molar-refractivity contribution in [1.82, 2.24) is 24.5 Å². The first-order chi connectivity index (χ1) is 14.8. The fourth-order valence-corrected chi connectivity index (χ4v) is 4.49. The molecule has 0 unspecified atom stereocenters. The number of carbonyl (C=O) groups is 1. The molecule has 0 N–H and O–H groups in total. The molecule has 162 valence electrons. The number of rotatable bonds is 5. The Hall–Kier alpha value is -3.11. The Balaban J connectivity index is 1.54. The van der Waals surface area contributed by atoms with E-state index in [9.17, 15) is 13.2 Å². The van der Waals surface area contributed by atoms with Crippen molar-refractivity contribution in [3.8, 4) is 11.4 Å². The maximum absolute atomic E-state index is 13.0. The number of carbonyl (C=O) groups excluding carboxylic acids is 1. The molecule has 9 nitrogen and oxygen atoms in total. The Bertz CT molecular complexity index is 1220. The number of hydrogen-bond acceptors (Lipinski definition) is 6. The third-order valence-corrected chi connectivity index (χ3v) is 7.10. The van der Waals surface area contributed by atoms with Crippen LogP contribution in [0.25, 0.3) is 11.4 Å². The summed E-state index contributed by atoms with van der Waals surface area (Å²) in [6, 6.07) is 12.7. The fraction of sp³-hybridized carbons (Fsp3) is 0.333. The van der Waals surface area contributed by atoms with Gasteiger partial charge in [0.05, 0.1) is 4.90 Å². The van der Waals surface area contributed by atoms with Crippen molar-refractivity contribution >= 4 is 21.6 Å². The van der Waals surface area contributed by atoms with Crippen molar-refractivity contribution < 1.29 is 13.2 Å². The summed E-state index contributed by atoms with van der Waals surface area (Å²) in [5.41, 5.74) is 3.54. The molecule has 2 heterocycles. The molecule has 4 rings (SSSR count). The number of nitrogens with zero attached hydrogens (tertiary/aromatic N) is 6. The molecule has 0 fully saturated rings. The summed E-state index contributed by atoms with van der Waals surface area (Å²) in [7, 11) is -0.524. The monoisotopic (exact) mass is 440 g/mol. The number of tetrazole rings is 1. The molecule has 3 aromatic rings. The smallest absolute Gasteiger partial charge is 0.250 e. The number of benzene rings is 2. The van der Waals surface area contributed by atoms with Gasteiger partial charge in [-0.3, -0.25) is 4.79 Å². The van der Waals surface area contributed by atoms with Crippen LogP contribution in [0.5, 0.6) is 0 Å². The van der Waals surface area contributed by atoms with Crippen LogP contribution in [0, 0.1) is 6.92 Å². The number of sulfonamides is 1. The molecule has 10 heteroatoms. The highest BCUT2D eigenvalue weighted by molar-refractivity contribution is 7.89. The number of hydrogen-bond donors (Lipinski definition) is 0. The first-order valence-corrected chi connectivity index (χ1v) is 11.4. The van der Waals surface area contributed by atoms with Gasteiger partial charge < -0.3 is 4.90 Å². The van der Waals surface area contributed by atoms with Gasteiger partial charge in [-0.2, -0.15) is 4.80 Å². The first-order valence-electron chi connectivity index (χ1n) is 9.96. The number of anilines is 1. The van der Waals surface area contributed by atoms with Crippen molar-refractivity contribution in [2.45, 2.75) is 31.2 Å². The summed E-state index contributed by atoms with van der Waals surface area (Å²) in [6.07, 6.45) is 1.47. The SMILES string of the molecule is Cc1ccc(-c2nnn(CC(=O)N3CCCc4cc(S(=O)(=O)N(C)C)ccc43)n2)cc1. The highest BCUT2D eigenvalue weighted by Gasteiger charge is 2.26. The lowest BCUT2D eigenvalue weighted by Gasteiger charge is -2.29. The second-order valence-corrected chi connectivity index (χ2v) is 9.89. The van der Waals surface area contributed by atoms with Crippen LogP contribution in [0.1, 0.15) is 17.5 Å². The van der Waals surface area contributed by atoms with Crippen molar-refractivity contribution in [2.24, 2.45) is 0 Å². The lowest BCUT2D eigenvalue weighted by molar-refractivity contribution is -0.119. The molecule has 0 saturated carbocycles. The van der Waals surface area contributed by atoms with E-state index in [1.54, 1.807) is 23.1 Å². The Labute approximate surface area is 181 Å². The summed E-state index contributed by atoms with van der Waals surface area (Å²) >= 11 is 0. The Morgan fingerprint density at radius 1 is 1.13 bits per heavy atom. The number of aryl methyl sites for hydroxylation is 2. The van der Waals surface area contributed by atoms with Crippen LogP contribution in [0.2, 0.25) is 0 Å². The molecule has 0 saturated heterocycles. The maximum atomic E-state index is 13.0. The topological polar surface area (TPSA) is 101 Å². The zero-order valence-corrected chi connectivity index (χ0v) is 18.5. The molecular formula is C21H24N6O3S. The van der Waals surface area contributed by atoms with Gasteiger partial charge in [-0.25, -0.2) is 12.7 Å². The van der Waals surface area contributed by atoms with Gasteiger partial charge in [0.1, 0.15) is 6.54 Å². The molecule has 0 atom stereocenters. The second-order valence-electron chi connectivity index (χ2n) is 7.74. The van der Waals surface area contributed by atoms with E-state index in [0.29, 0.717) is 12.4 Å². The van der Waals surface area contributed by atoms with E-state index >= 15 is 0 Å². The normalized spacial score (nSPS) is 14.0. The summed E-state index contributed by atoms with van der Waals surface area (Å²) in [6.45, 7) is 2.52. The average molecular weight is 441 g/mol. The fourth-order valence-electron chi connectivity index (χ4n) is 3.54. The lowest BCUT2D eigenvalue weighted by Crippen LogP contribution is -2.38. The maximum Gasteiger partial charge on any atom is 0.250 e. The van der Waals surface area contributed by atoms with Crippen molar-refractivity contribution in [3.05, 3.63) is 53.6 Å². The Morgan fingerprint density at radius 2 is 1.87 bits per heavy atom. The molecule has 1 amide bonds. The standard InChI is InChI=1S/C21H24N6O3S/c1-15-6-8-16(9-7-15)21-22-24-27(23-21)14-20(28)26-12-4-5-17-13-18(10-11-19(17)26)31(29,30)25(2)3/h6-11,13H,4-5,12,14H2,1-3H3. The summed E-state index contributed by atoms with van der Waals surface area (Å²) < 4.78 is 26.0. The molecule has 2 aromatic carbocycles. The Kier molecular flexibility index (Phi) is 5.59. The van der Waals surface area contributed by atoms with E-state index in [1.807, 2.05) is 31.2 Å². The average Bonchev–Trinajstić information content (AvgIpc) is 3.21. The third-order valence-electron chi connectivity index (χ3n) is 5.29. The second kappa shape index (κ2) is 8.20. The molecule has 0 bridgehead atoms. The summed E-state index contributed by atoms with van der Waals surface area (Å²) in [5, 5.41) is 12.4. The van der Waals surface area contributed by atoms with Gasteiger partial charge in [0.15, 0.2) is 0 Å². The van der Waals surface area contributed by atoms with Crippen LogP contribution < -0.4 is 4.90 Å². The minimum Gasteiger partial charge on any atom is -0.310 e. The highest BCUT2D eigenvalue weighted by atomic mass is 32.2. The molecule has 1 aliphatic heterocycles. The van der Waals surface area contributed by atoms with Gasteiger partial charge in [0, 0.05) is 31.9 Å². The third kappa shape index (κ3) is 4.21. The summed E-state index contributed by atoms with van der Waals surface area (Å²) in [5.74, 6) is 0.294. The van der Waals surface area contributed by atoms with Crippen molar-refractivity contribution in [1.29, 1.82) is 0 Å². The van der Waals surface area contributed by atoms with Crippen molar-refractivity contribution in [3.63, 3.8) is 0 Å². The van der Waals surface area contributed by atoms with E-state index in [0.717, 1.165) is 35.2 Å². The predicted molar refractivity (Wildman–Crippen MR) is 116 cm³/mol. The van der Waals surface area contributed by atoms with E-state index in [1.165, 1.54) is 23.2 Å². The van der Waals surface area contributed by atoms with Crippen LogP contribution in [0.3, 0.4) is 0 Å². The number of amides is 1. The molecule has 0 radical (unpaired) electrons. The molecule has 1 aliphatic rings. The van der Waals surface area contributed by atoms with Crippen LogP contribution in [-0.4, -0.2) is 59.5 Å². The van der Waals surface area contributed by atoms with E-state index in [-0.39, 0.29) is 17.3 Å². The largest absolute Gasteiger partial charge is 0.310 e. The zero-order chi connectivity index (χ0) is 22.2. The van der Waals surface area contributed by atoms with Gasteiger partial charge in [0.25, 0.3) is 5.91 Å². The minimum absolute atomic E-state index is 0.0456. The zero-order valence-electron chi connectivity index (χ0n) is 17.7. The van der Waals surface area contributed by atoms with E-state index in [4.69, 9.17) is 0 Å². The molecular weight excluding hydrogens is 416 g/mol. The van der Waals surface area contributed by atoms with Gasteiger partial charge in [-0.1, -0.05) is 29.8 Å². The minimum atomic E-state index is -3.53.